The molecule has 0 spiro atoms. The molecule has 3 heterocycles. The molecule has 0 radical (unpaired) electrons. The second-order valence-corrected chi connectivity index (χ2v) is 10.7. The van der Waals surface area contributed by atoms with E-state index in [1.165, 1.54) is 11.8 Å². The number of hydrogen-bond acceptors (Lipinski definition) is 5. The maximum atomic E-state index is 12.4. The maximum absolute atomic E-state index is 12.4. The monoisotopic (exact) mass is 444 g/mol. The van der Waals surface area contributed by atoms with Gasteiger partial charge in [-0.1, -0.05) is 27.7 Å². The number of carbonyl (C=O) groups is 1. The summed E-state index contributed by atoms with van der Waals surface area (Å²) >= 11 is 4.79. The quantitative estimate of drug-likeness (QED) is 0.695. The molecule has 4 rings (SSSR count). The summed E-state index contributed by atoms with van der Waals surface area (Å²) < 4.78 is 30.4. The van der Waals surface area contributed by atoms with Gasteiger partial charge < -0.3 is 9.64 Å². The first kappa shape index (κ1) is 17.5. The number of carbonyl (C=O) groups excluding carboxylic acids is 1. The van der Waals surface area contributed by atoms with Crippen LogP contribution < -0.4 is 4.90 Å². The average molecular weight is 445 g/mol. The van der Waals surface area contributed by atoms with Crippen molar-refractivity contribution in [2.45, 2.75) is 30.2 Å². The number of amidine groups is 1. The van der Waals surface area contributed by atoms with Crippen molar-refractivity contribution >= 4 is 54.3 Å². The molecule has 3 atom stereocenters. The Balaban J connectivity index is 1.68. The summed E-state index contributed by atoms with van der Waals surface area (Å²) in [4.78, 5) is 18.6. The number of rotatable bonds is 2. The third kappa shape index (κ3) is 3.51. The van der Waals surface area contributed by atoms with Crippen LogP contribution in [-0.2, 0) is 19.4 Å². The molecule has 0 bridgehead atoms. The van der Waals surface area contributed by atoms with Crippen molar-refractivity contribution in [1.29, 1.82) is 0 Å². The Morgan fingerprint density at radius 1 is 1.28 bits per heavy atom. The summed E-state index contributed by atoms with van der Waals surface area (Å²) in [5, 5.41) is 0.484. The van der Waals surface area contributed by atoms with Gasteiger partial charge >= 0.3 is 0 Å². The Morgan fingerprint density at radius 2 is 2.04 bits per heavy atom. The summed E-state index contributed by atoms with van der Waals surface area (Å²) in [6, 6.07) is 7.42. The van der Waals surface area contributed by atoms with Crippen LogP contribution in [-0.4, -0.2) is 55.0 Å². The van der Waals surface area contributed by atoms with Crippen LogP contribution in [0.5, 0.6) is 0 Å². The molecule has 1 aromatic carbocycles. The number of thioether (sulfide) groups is 1. The normalized spacial score (nSPS) is 32.3. The molecule has 3 aliphatic rings. The maximum Gasteiger partial charge on any atom is 0.277 e. The van der Waals surface area contributed by atoms with E-state index in [0.29, 0.717) is 18.2 Å². The summed E-state index contributed by atoms with van der Waals surface area (Å²) in [7, 11) is -3.06. The minimum Gasteiger partial charge on any atom is -0.368 e. The minimum absolute atomic E-state index is 0.0911. The third-order valence-electron chi connectivity index (χ3n) is 4.58. The van der Waals surface area contributed by atoms with Crippen molar-refractivity contribution in [3.05, 3.63) is 28.7 Å². The van der Waals surface area contributed by atoms with E-state index in [-0.39, 0.29) is 28.7 Å². The standard InChI is InChI=1S/C16H17BrN2O4S2/c17-10-3-5-11(6-4-10)19-12-8-25(21,22)9-14(12)24-16(19)18-15(20)13-2-1-7-23-13/h3-6,12-14H,1-2,7-9H2/t12-,13+,14+/m0/s1. The lowest BCUT2D eigenvalue weighted by atomic mass is 10.2. The van der Waals surface area contributed by atoms with Crippen LogP contribution in [0.2, 0.25) is 0 Å². The highest BCUT2D eigenvalue weighted by Gasteiger charge is 2.49. The van der Waals surface area contributed by atoms with Crippen molar-refractivity contribution in [2.75, 3.05) is 23.0 Å². The number of ether oxygens (including phenoxy) is 1. The molecule has 3 saturated heterocycles. The Labute approximate surface area is 159 Å². The predicted molar refractivity (Wildman–Crippen MR) is 102 cm³/mol. The van der Waals surface area contributed by atoms with E-state index in [9.17, 15) is 13.2 Å². The van der Waals surface area contributed by atoms with Crippen molar-refractivity contribution in [1.82, 2.24) is 0 Å². The average Bonchev–Trinajstić information content (AvgIpc) is 3.23. The van der Waals surface area contributed by atoms with Crippen LogP contribution >= 0.6 is 27.7 Å². The first-order chi connectivity index (χ1) is 11.9. The van der Waals surface area contributed by atoms with Gasteiger partial charge in [0.25, 0.3) is 5.91 Å². The molecule has 25 heavy (non-hydrogen) atoms. The lowest BCUT2D eigenvalue weighted by Crippen LogP contribution is -2.38. The van der Waals surface area contributed by atoms with Gasteiger partial charge in [-0.3, -0.25) is 4.79 Å². The predicted octanol–water partition coefficient (Wildman–Crippen LogP) is 2.23. The Morgan fingerprint density at radius 3 is 2.72 bits per heavy atom. The highest BCUT2D eigenvalue weighted by molar-refractivity contribution is 9.10. The molecule has 3 fully saturated rings. The van der Waals surface area contributed by atoms with E-state index in [0.717, 1.165) is 16.6 Å². The number of anilines is 1. The van der Waals surface area contributed by atoms with Crippen LogP contribution in [0.1, 0.15) is 12.8 Å². The molecule has 1 aromatic rings. The lowest BCUT2D eigenvalue weighted by Gasteiger charge is -2.24. The first-order valence-corrected chi connectivity index (χ1v) is 11.6. The first-order valence-electron chi connectivity index (χ1n) is 8.09. The van der Waals surface area contributed by atoms with E-state index >= 15 is 0 Å². The minimum atomic E-state index is -3.06. The second-order valence-electron chi connectivity index (χ2n) is 6.38. The Bertz CT molecular complexity index is 819. The fourth-order valence-electron chi connectivity index (χ4n) is 3.41. The highest BCUT2D eigenvalue weighted by Crippen LogP contribution is 2.41. The fraction of sp³-hybridized carbons (Fsp3) is 0.500. The Hall–Kier alpha value is -0.900. The van der Waals surface area contributed by atoms with Crippen molar-refractivity contribution in [3.63, 3.8) is 0 Å². The van der Waals surface area contributed by atoms with Crippen LogP contribution in [0.25, 0.3) is 0 Å². The molecule has 0 saturated carbocycles. The van der Waals surface area contributed by atoms with E-state index in [1.54, 1.807) is 0 Å². The number of amides is 1. The molecule has 9 heteroatoms. The summed E-state index contributed by atoms with van der Waals surface area (Å²) in [5.41, 5.74) is 0.846. The topological polar surface area (TPSA) is 76.0 Å². The van der Waals surface area contributed by atoms with Gasteiger partial charge in [-0.25, -0.2) is 8.42 Å². The van der Waals surface area contributed by atoms with Gasteiger partial charge in [0.2, 0.25) is 0 Å². The van der Waals surface area contributed by atoms with E-state index in [4.69, 9.17) is 4.74 Å². The molecule has 134 valence electrons. The zero-order valence-corrected chi connectivity index (χ0v) is 16.5. The van der Waals surface area contributed by atoms with Crippen LogP contribution in [0.3, 0.4) is 0 Å². The van der Waals surface area contributed by atoms with Crippen molar-refractivity contribution in [3.8, 4) is 0 Å². The molecular weight excluding hydrogens is 428 g/mol. The van der Waals surface area contributed by atoms with Crippen LogP contribution in [0.4, 0.5) is 5.69 Å². The lowest BCUT2D eigenvalue weighted by molar-refractivity contribution is -0.126. The highest BCUT2D eigenvalue weighted by atomic mass is 79.9. The number of benzene rings is 1. The third-order valence-corrected chi connectivity index (χ3v) is 8.32. The molecule has 0 aromatic heterocycles. The second kappa shape index (κ2) is 6.68. The smallest absolute Gasteiger partial charge is 0.277 e. The van der Waals surface area contributed by atoms with E-state index in [1.807, 2.05) is 29.2 Å². The SMILES string of the molecule is O=C(N=C1S[C@@H]2CS(=O)(=O)C[C@@H]2N1c1ccc(Br)cc1)[C@H]1CCCO1. The zero-order chi connectivity index (χ0) is 17.6. The number of halogens is 1. The van der Waals surface area contributed by atoms with Crippen LogP contribution in [0.15, 0.2) is 33.7 Å². The Kier molecular flexibility index (Phi) is 4.68. The van der Waals surface area contributed by atoms with Gasteiger partial charge in [-0.05, 0) is 37.1 Å². The van der Waals surface area contributed by atoms with Gasteiger partial charge in [0.1, 0.15) is 6.10 Å². The van der Waals surface area contributed by atoms with Gasteiger partial charge in [0, 0.05) is 22.0 Å². The molecule has 1 amide bonds. The summed E-state index contributed by atoms with van der Waals surface area (Å²) in [6.07, 6.45) is 1.10. The fourth-order valence-corrected chi connectivity index (χ4v) is 7.59. The molecular formula is C16H17BrN2O4S2. The number of fused-ring (bicyclic) bond motifs is 1. The summed E-state index contributed by atoms with van der Waals surface area (Å²) in [6.45, 7) is 0.592. The number of nitrogens with zero attached hydrogens (tertiary/aromatic N) is 2. The molecule has 0 unspecified atom stereocenters. The van der Waals surface area contributed by atoms with Crippen molar-refractivity contribution < 1.29 is 17.9 Å². The number of hydrogen-bond donors (Lipinski definition) is 0. The molecule has 6 nitrogen and oxygen atoms in total. The summed E-state index contributed by atoms with van der Waals surface area (Å²) in [5.74, 6) is -0.0546. The van der Waals surface area contributed by atoms with Gasteiger partial charge in [-0.15, -0.1) is 0 Å². The number of aliphatic imine (C=N–C) groups is 1. The molecule has 3 aliphatic heterocycles. The van der Waals surface area contributed by atoms with E-state index in [2.05, 4.69) is 20.9 Å². The zero-order valence-electron chi connectivity index (χ0n) is 13.3. The van der Waals surface area contributed by atoms with Gasteiger partial charge in [0.15, 0.2) is 15.0 Å². The van der Waals surface area contributed by atoms with Crippen LogP contribution in [0, 0.1) is 0 Å². The van der Waals surface area contributed by atoms with Gasteiger partial charge in [0.05, 0.1) is 17.5 Å². The number of sulfone groups is 1. The van der Waals surface area contributed by atoms with Crippen molar-refractivity contribution in [2.24, 2.45) is 4.99 Å². The largest absolute Gasteiger partial charge is 0.368 e. The van der Waals surface area contributed by atoms with Gasteiger partial charge in [-0.2, -0.15) is 4.99 Å². The molecule has 0 N–H and O–H groups in total. The molecule has 0 aliphatic carbocycles. The van der Waals surface area contributed by atoms with E-state index < -0.39 is 15.9 Å².